The average molecular weight is 232 g/mol. The number of nitro benzene ring substituents is 1. The van der Waals surface area contributed by atoms with Gasteiger partial charge >= 0.3 is 0 Å². The smallest absolute Gasteiger partial charge is 0.271 e. The summed E-state index contributed by atoms with van der Waals surface area (Å²) < 4.78 is 5.27. The van der Waals surface area contributed by atoms with Crippen molar-refractivity contribution in [3.8, 4) is 0 Å². The zero-order valence-corrected chi connectivity index (χ0v) is 9.34. The predicted octanol–water partition coefficient (Wildman–Crippen LogP) is 3.11. The number of furan rings is 1. The highest BCUT2D eigenvalue weighted by molar-refractivity contribution is 5.51. The molecule has 0 saturated carbocycles. The first-order chi connectivity index (χ1) is 8.16. The molecule has 0 fully saturated rings. The van der Waals surface area contributed by atoms with Crippen molar-refractivity contribution in [3.05, 3.63) is 58.0 Å². The van der Waals surface area contributed by atoms with Crippen LogP contribution >= 0.6 is 0 Å². The van der Waals surface area contributed by atoms with Crippen molar-refractivity contribution in [2.24, 2.45) is 0 Å². The van der Waals surface area contributed by atoms with Crippen LogP contribution in [0.25, 0.3) is 0 Å². The van der Waals surface area contributed by atoms with Crippen molar-refractivity contribution in [2.75, 3.05) is 5.32 Å². The summed E-state index contributed by atoms with van der Waals surface area (Å²) in [5.41, 5.74) is 1.84. The van der Waals surface area contributed by atoms with E-state index in [-0.39, 0.29) is 5.69 Å². The Morgan fingerprint density at radius 2 is 2.24 bits per heavy atom. The summed E-state index contributed by atoms with van der Waals surface area (Å²) in [5.74, 6) is 0.830. The van der Waals surface area contributed by atoms with Gasteiger partial charge in [0.2, 0.25) is 0 Å². The molecule has 17 heavy (non-hydrogen) atoms. The van der Waals surface area contributed by atoms with E-state index in [1.165, 1.54) is 12.1 Å². The minimum Gasteiger partial charge on any atom is -0.467 e. The Balaban J connectivity index is 2.07. The Labute approximate surface area is 98.2 Å². The van der Waals surface area contributed by atoms with Crippen LogP contribution < -0.4 is 5.32 Å². The Bertz CT molecular complexity index is 534. The lowest BCUT2D eigenvalue weighted by molar-refractivity contribution is -0.384. The number of hydrogen-bond donors (Lipinski definition) is 1. The molecular weight excluding hydrogens is 220 g/mol. The summed E-state index contributed by atoms with van der Waals surface area (Å²) in [7, 11) is 0. The number of benzene rings is 1. The van der Waals surface area contributed by atoms with Gasteiger partial charge in [0.15, 0.2) is 0 Å². The molecule has 1 aromatic heterocycles. The molecule has 5 nitrogen and oxygen atoms in total. The van der Waals surface area contributed by atoms with Crippen LogP contribution in [-0.4, -0.2) is 4.92 Å². The van der Waals surface area contributed by atoms with Gasteiger partial charge in [0.25, 0.3) is 5.69 Å². The minimum atomic E-state index is -0.413. The maximum absolute atomic E-state index is 10.6. The summed E-state index contributed by atoms with van der Waals surface area (Å²) in [6.07, 6.45) is 1.62. The second kappa shape index (κ2) is 4.69. The van der Waals surface area contributed by atoms with Crippen molar-refractivity contribution < 1.29 is 9.34 Å². The first-order valence-corrected chi connectivity index (χ1v) is 5.18. The van der Waals surface area contributed by atoms with Gasteiger partial charge < -0.3 is 9.73 Å². The van der Waals surface area contributed by atoms with Gasteiger partial charge in [-0.05, 0) is 24.6 Å². The highest BCUT2D eigenvalue weighted by Gasteiger charge is 2.06. The van der Waals surface area contributed by atoms with Crippen molar-refractivity contribution in [2.45, 2.75) is 13.5 Å². The highest BCUT2D eigenvalue weighted by Crippen LogP contribution is 2.18. The lowest BCUT2D eigenvalue weighted by Crippen LogP contribution is -2.00. The van der Waals surface area contributed by atoms with Crippen LogP contribution in [0.5, 0.6) is 0 Å². The number of hydrogen-bond acceptors (Lipinski definition) is 4. The van der Waals surface area contributed by atoms with E-state index in [1.54, 1.807) is 18.4 Å². The molecule has 1 heterocycles. The zero-order chi connectivity index (χ0) is 12.3. The van der Waals surface area contributed by atoms with Crippen LogP contribution in [0.4, 0.5) is 11.4 Å². The largest absolute Gasteiger partial charge is 0.467 e. The van der Waals surface area contributed by atoms with E-state index in [2.05, 4.69) is 5.32 Å². The van der Waals surface area contributed by atoms with E-state index >= 15 is 0 Å². The van der Waals surface area contributed by atoms with Crippen molar-refractivity contribution >= 4 is 11.4 Å². The fourth-order valence-corrected chi connectivity index (χ4v) is 1.50. The number of anilines is 1. The summed E-state index contributed by atoms with van der Waals surface area (Å²) in [6.45, 7) is 2.47. The van der Waals surface area contributed by atoms with Gasteiger partial charge in [0, 0.05) is 17.8 Å². The monoisotopic (exact) mass is 232 g/mol. The van der Waals surface area contributed by atoms with Gasteiger partial charge in [-0.15, -0.1) is 0 Å². The molecule has 0 spiro atoms. The molecule has 0 atom stereocenters. The molecule has 0 saturated heterocycles. The van der Waals surface area contributed by atoms with Crippen LogP contribution in [0.15, 0.2) is 41.0 Å². The maximum Gasteiger partial charge on any atom is 0.271 e. The number of rotatable bonds is 4. The summed E-state index contributed by atoms with van der Waals surface area (Å²) >= 11 is 0. The topological polar surface area (TPSA) is 68.3 Å². The van der Waals surface area contributed by atoms with Gasteiger partial charge in [0.05, 0.1) is 17.7 Å². The molecule has 5 heteroatoms. The first kappa shape index (κ1) is 11.2. The number of aryl methyl sites for hydroxylation is 1. The maximum atomic E-state index is 10.6. The van der Waals surface area contributed by atoms with Crippen molar-refractivity contribution in [1.82, 2.24) is 0 Å². The van der Waals surface area contributed by atoms with Gasteiger partial charge in [-0.2, -0.15) is 0 Å². The molecule has 2 rings (SSSR count). The normalized spacial score (nSPS) is 10.2. The molecule has 0 aliphatic heterocycles. The van der Waals surface area contributed by atoms with Gasteiger partial charge in [0.1, 0.15) is 5.76 Å². The Kier molecular flexibility index (Phi) is 3.09. The molecule has 0 bridgehead atoms. The van der Waals surface area contributed by atoms with E-state index in [9.17, 15) is 10.1 Å². The third kappa shape index (κ3) is 2.63. The van der Waals surface area contributed by atoms with Gasteiger partial charge in [-0.3, -0.25) is 10.1 Å². The third-order valence-corrected chi connectivity index (χ3v) is 2.48. The van der Waals surface area contributed by atoms with Crippen LogP contribution in [-0.2, 0) is 6.54 Å². The molecule has 88 valence electrons. The van der Waals surface area contributed by atoms with Crippen LogP contribution in [0, 0.1) is 17.0 Å². The molecule has 1 N–H and O–H groups in total. The Hall–Kier alpha value is -2.30. The van der Waals surface area contributed by atoms with Crippen molar-refractivity contribution in [3.63, 3.8) is 0 Å². The quantitative estimate of drug-likeness (QED) is 0.649. The Morgan fingerprint density at radius 1 is 1.41 bits per heavy atom. The second-order valence-corrected chi connectivity index (χ2v) is 3.69. The van der Waals surface area contributed by atoms with Crippen LogP contribution in [0.2, 0.25) is 0 Å². The zero-order valence-electron chi connectivity index (χ0n) is 9.34. The third-order valence-electron chi connectivity index (χ3n) is 2.48. The van der Waals surface area contributed by atoms with Crippen LogP contribution in [0.3, 0.4) is 0 Å². The molecule has 0 unspecified atom stereocenters. The molecule has 0 radical (unpaired) electrons. The van der Waals surface area contributed by atoms with Gasteiger partial charge in [-0.25, -0.2) is 0 Å². The molecule has 2 aromatic rings. The predicted molar refractivity (Wildman–Crippen MR) is 63.9 cm³/mol. The van der Waals surface area contributed by atoms with E-state index in [1.807, 2.05) is 13.0 Å². The fourth-order valence-electron chi connectivity index (χ4n) is 1.50. The van der Waals surface area contributed by atoms with Crippen molar-refractivity contribution in [1.29, 1.82) is 0 Å². The second-order valence-electron chi connectivity index (χ2n) is 3.69. The summed E-state index contributed by atoms with van der Waals surface area (Å²) in [6, 6.07) is 8.27. The van der Waals surface area contributed by atoms with E-state index in [0.717, 1.165) is 11.3 Å². The summed E-state index contributed by atoms with van der Waals surface area (Å²) in [5, 5.41) is 13.7. The van der Waals surface area contributed by atoms with Crippen LogP contribution in [0.1, 0.15) is 11.3 Å². The number of nitrogens with one attached hydrogen (secondary N) is 1. The van der Waals surface area contributed by atoms with E-state index in [4.69, 9.17) is 4.42 Å². The molecule has 0 aliphatic carbocycles. The minimum absolute atomic E-state index is 0.0752. The summed E-state index contributed by atoms with van der Waals surface area (Å²) in [4.78, 5) is 10.2. The fraction of sp³-hybridized carbons (Fsp3) is 0.167. The molecule has 0 amide bonds. The highest BCUT2D eigenvalue weighted by atomic mass is 16.6. The van der Waals surface area contributed by atoms with E-state index in [0.29, 0.717) is 12.2 Å². The number of nitrogens with zero attached hydrogens (tertiary/aromatic N) is 1. The standard InChI is InChI=1S/C12H12N2O3/c1-9-5-6-17-12(9)8-13-10-3-2-4-11(7-10)14(15)16/h2-7,13H,8H2,1H3. The molecule has 0 aliphatic rings. The number of nitro groups is 1. The molecular formula is C12H12N2O3. The first-order valence-electron chi connectivity index (χ1n) is 5.18. The lowest BCUT2D eigenvalue weighted by atomic mass is 10.2. The Morgan fingerprint density at radius 3 is 2.88 bits per heavy atom. The van der Waals surface area contributed by atoms with Gasteiger partial charge in [-0.1, -0.05) is 6.07 Å². The molecule has 1 aromatic carbocycles. The van der Waals surface area contributed by atoms with E-state index < -0.39 is 4.92 Å². The SMILES string of the molecule is Cc1ccoc1CNc1cccc([N+](=O)[O-])c1. The lowest BCUT2D eigenvalue weighted by Gasteiger charge is -2.04. The number of non-ortho nitro benzene ring substituents is 1. The average Bonchev–Trinajstić information content (AvgIpc) is 2.72.